The fraction of sp³-hybridized carbons (Fsp3) is 0.467. The van der Waals surface area contributed by atoms with E-state index in [-0.39, 0.29) is 29.1 Å². The third kappa shape index (κ3) is 1.49. The van der Waals surface area contributed by atoms with Gasteiger partial charge in [-0.2, -0.15) is 0 Å². The number of hydrogen-bond donors (Lipinski definition) is 1. The largest absolute Gasteiger partial charge is 0.389 e. The smallest absolute Gasteiger partial charge is 0.238 e. The summed E-state index contributed by atoms with van der Waals surface area (Å²) in [4.78, 5) is 26.0. The second-order valence-corrected chi connectivity index (χ2v) is 6.02. The summed E-state index contributed by atoms with van der Waals surface area (Å²) in [6, 6.07) is 7.03. The van der Waals surface area contributed by atoms with Crippen LogP contribution < -0.4 is 4.90 Å². The number of para-hydroxylation sites is 1. The highest BCUT2D eigenvalue weighted by molar-refractivity contribution is 6.26. The van der Waals surface area contributed by atoms with Crippen LogP contribution in [0.15, 0.2) is 24.3 Å². The topological polar surface area (TPSA) is 57.6 Å². The molecule has 3 rings (SSSR count). The van der Waals surface area contributed by atoms with Gasteiger partial charge in [0.05, 0.1) is 23.6 Å². The minimum atomic E-state index is -0.707. The van der Waals surface area contributed by atoms with Gasteiger partial charge in [0.1, 0.15) is 0 Å². The fourth-order valence-corrected chi connectivity index (χ4v) is 3.23. The van der Waals surface area contributed by atoms with Gasteiger partial charge in [-0.3, -0.25) is 9.59 Å². The first kappa shape index (κ1) is 12.4. The van der Waals surface area contributed by atoms with Gasteiger partial charge in [0.15, 0.2) is 0 Å². The number of fused-ring (bicyclic) bond motifs is 1. The van der Waals surface area contributed by atoms with Crippen LogP contribution >= 0.6 is 0 Å². The zero-order valence-corrected chi connectivity index (χ0v) is 11.3. The van der Waals surface area contributed by atoms with Crippen molar-refractivity contribution >= 4 is 17.5 Å². The molecule has 1 N–H and O–H groups in total. The van der Waals surface area contributed by atoms with Gasteiger partial charge in [0, 0.05) is 5.56 Å². The first-order valence-electron chi connectivity index (χ1n) is 6.52. The van der Waals surface area contributed by atoms with Crippen LogP contribution in [0.1, 0.15) is 32.4 Å². The standard InChI is InChI=1S/C15H17NO3/c1-8(17)9-6-4-5-7-10(9)16-13(18)11-12(14(16)19)15(11,2)3/h4-8,11-12,17H,1-3H3. The molecule has 2 aliphatic rings. The highest BCUT2D eigenvalue weighted by Crippen LogP contribution is 2.63. The highest BCUT2D eigenvalue weighted by Gasteiger charge is 2.72. The molecule has 4 nitrogen and oxygen atoms in total. The van der Waals surface area contributed by atoms with Crippen LogP contribution in [0.2, 0.25) is 0 Å². The van der Waals surface area contributed by atoms with E-state index in [1.165, 1.54) is 4.90 Å². The van der Waals surface area contributed by atoms with E-state index in [2.05, 4.69) is 0 Å². The monoisotopic (exact) mass is 259 g/mol. The third-order valence-electron chi connectivity index (χ3n) is 4.43. The molecule has 2 amide bonds. The Balaban J connectivity index is 2.02. The minimum absolute atomic E-state index is 0.131. The van der Waals surface area contributed by atoms with E-state index >= 15 is 0 Å². The second-order valence-electron chi connectivity index (χ2n) is 6.02. The van der Waals surface area contributed by atoms with Crippen molar-refractivity contribution in [2.24, 2.45) is 17.3 Å². The molecular formula is C15H17NO3. The van der Waals surface area contributed by atoms with Gasteiger partial charge in [0.2, 0.25) is 11.8 Å². The number of carbonyl (C=O) groups excluding carboxylic acids is 2. The Labute approximate surface area is 112 Å². The van der Waals surface area contributed by atoms with Crippen molar-refractivity contribution in [2.75, 3.05) is 4.90 Å². The van der Waals surface area contributed by atoms with Crippen molar-refractivity contribution in [3.05, 3.63) is 29.8 Å². The van der Waals surface area contributed by atoms with E-state index in [4.69, 9.17) is 0 Å². The lowest BCUT2D eigenvalue weighted by atomic mass is 10.0. The predicted molar refractivity (Wildman–Crippen MR) is 70.3 cm³/mol. The Morgan fingerprint density at radius 2 is 1.68 bits per heavy atom. The molecule has 1 saturated carbocycles. The molecule has 1 aliphatic carbocycles. The van der Waals surface area contributed by atoms with Gasteiger partial charge in [-0.05, 0) is 18.4 Å². The lowest BCUT2D eigenvalue weighted by Crippen LogP contribution is -2.37. The normalized spacial score (nSPS) is 29.4. The number of rotatable bonds is 2. The molecule has 2 fully saturated rings. The number of hydrogen-bond acceptors (Lipinski definition) is 3. The van der Waals surface area contributed by atoms with E-state index in [9.17, 15) is 14.7 Å². The zero-order chi connectivity index (χ0) is 13.9. The fourth-order valence-electron chi connectivity index (χ4n) is 3.23. The van der Waals surface area contributed by atoms with Crippen molar-refractivity contribution in [2.45, 2.75) is 26.9 Å². The van der Waals surface area contributed by atoms with Crippen molar-refractivity contribution in [3.63, 3.8) is 0 Å². The molecule has 1 aliphatic heterocycles. The van der Waals surface area contributed by atoms with Crippen LogP contribution in [0.4, 0.5) is 5.69 Å². The SMILES string of the molecule is CC(O)c1ccccc1N1C(=O)C2C(C1=O)C2(C)C. The number of aliphatic hydroxyl groups excluding tert-OH is 1. The second kappa shape index (κ2) is 3.67. The van der Waals surface area contributed by atoms with Crippen molar-refractivity contribution in [1.29, 1.82) is 0 Å². The number of nitrogens with zero attached hydrogens (tertiary/aromatic N) is 1. The lowest BCUT2D eigenvalue weighted by Gasteiger charge is -2.23. The molecular weight excluding hydrogens is 242 g/mol. The number of piperidine rings is 1. The van der Waals surface area contributed by atoms with Crippen molar-refractivity contribution in [3.8, 4) is 0 Å². The summed E-state index contributed by atoms with van der Waals surface area (Å²) in [5.74, 6) is -0.648. The van der Waals surface area contributed by atoms with E-state index in [0.717, 1.165) is 0 Å². The van der Waals surface area contributed by atoms with Gasteiger partial charge in [0.25, 0.3) is 0 Å². The Morgan fingerprint density at radius 1 is 1.16 bits per heavy atom. The minimum Gasteiger partial charge on any atom is -0.389 e. The van der Waals surface area contributed by atoms with Gasteiger partial charge in [-0.15, -0.1) is 0 Å². The van der Waals surface area contributed by atoms with Crippen LogP contribution in [-0.2, 0) is 9.59 Å². The van der Waals surface area contributed by atoms with Crippen molar-refractivity contribution < 1.29 is 14.7 Å². The maximum atomic E-state index is 12.4. The van der Waals surface area contributed by atoms with Crippen LogP contribution in [0.25, 0.3) is 0 Å². The average Bonchev–Trinajstić information content (AvgIpc) is 2.80. The molecule has 3 unspecified atom stereocenters. The van der Waals surface area contributed by atoms with E-state index in [0.29, 0.717) is 11.3 Å². The van der Waals surface area contributed by atoms with Crippen LogP contribution in [0.3, 0.4) is 0 Å². The van der Waals surface area contributed by atoms with E-state index < -0.39 is 6.10 Å². The summed E-state index contributed by atoms with van der Waals surface area (Å²) < 4.78 is 0. The number of amides is 2. The molecule has 1 saturated heterocycles. The number of imide groups is 1. The molecule has 0 aromatic heterocycles. The van der Waals surface area contributed by atoms with Crippen LogP contribution in [0.5, 0.6) is 0 Å². The van der Waals surface area contributed by atoms with Crippen molar-refractivity contribution in [1.82, 2.24) is 0 Å². The number of carbonyl (C=O) groups is 2. The molecule has 0 bridgehead atoms. The molecule has 100 valence electrons. The summed E-state index contributed by atoms with van der Waals surface area (Å²) in [6.07, 6.45) is -0.707. The van der Waals surface area contributed by atoms with Crippen LogP contribution in [0, 0.1) is 17.3 Å². The Hall–Kier alpha value is -1.68. The summed E-state index contributed by atoms with van der Waals surface area (Å²) >= 11 is 0. The third-order valence-corrected chi connectivity index (χ3v) is 4.43. The lowest BCUT2D eigenvalue weighted by molar-refractivity contribution is -0.125. The molecule has 1 heterocycles. The first-order chi connectivity index (χ1) is 8.87. The molecule has 0 radical (unpaired) electrons. The Bertz CT molecular complexity index is 553. The number of benzene rings is 1. The maximum absolute atomic E-state index is 12.4. The average molecular weight is 259 g/mol. The molecule has 0 spiro atoms. The van der Waals surface area contributed by atoms with Gasteiger partial charge in [-0.1, -0.05) is 32.0 Å². The predicted octanol–water partition coefficient (Wildman–Crippen LogP) is 1.89. The summed E-state index contributed by atoms with van der Waals surface area (Å²) in [7, 11) is 0. The molecule has 19 heavy (non-hydrogen) atoms. The number of aliphatic hydroxyl groups is 1. The van der Waals surface area contributed by atoms with Gasteiger partial charge >= 0.3 is 0 Å². The maximum Gasteiger partial charge on any atom is 0.238 e. The summed E-state index contributed by atoms with van der Waals surface area (Å²) in [5.41, 5.74) is 0.934. The summed E-state index contributed by atoms with van der Waals surface area (Å²) in [6.45, 7) is 5.54. The molecule has 1 aromatic carbocycles. The summed E-state index contributed by atoms with van der Waals surface area (Å²) in [5, 5.41) is 9.77. The highest BCUT2D eigenvalue weighted by atomic mass is 16.3. The quantitative estimate of drug-likeness (QED) is 0.825. The Kier molecular flexibility index (Phi) is 2.39. The molecule has 3 atom stereocenters. The van der Waals surface area contributed by atoms with Crippen LogP contribution in [-0.4, -0.2) is 16.9 Å². The first-order valence-corrected chi connectivity index (χ1v) is 6.52. The van der Waals surface area contributed by atoms with Gasteiger partial charge in [-0.25, -0.2) is 4.90 Å². The van der Waals surface area contributed by atoms with Gasteiger partial charge < -0.3 is 5.11 Å². The van der Waals surface area contributed by atoms with E-state index in [1.54, 1.807) is 31.2 Å². The zero-order valence-electron chi connectivity index (χ0n) is 11.3. The molecule has 1 aromatic rings. The van der Waals surface area contributed by atoms with E-state index in [1.807, 2.05) is 13.8 Å². The molecule has 4 heteroatoms. The Morgan fingerprint density at radius 3 is 2.21 bits per heavy atom. The number of anilines is 1.